The van der Waals surface area contributed by atoms with Crippen molar-refractivity contribution in [3.63, 3.8) is 0 Å². The van der Waals surface area contributed by atoms with Gasteiger partial charge in [-0.2, -0.15) is 9.37 Å². The first-order valence-corrected chi connectivity index (χ1v) is 5.89. The highest BCUT2D eigenvalue weighted by molar-refractivity contribution is 9.10. The molecule has 0 aliphatic rings. The molecule has 2 rings (SSSR count). The van der Waals surface area contributed by atoms with Crippen molar-refractivity contribution >= 4 is 33.5 Å². The summed E-state index contributed by atoms with van der Waals surface area (Å²) in [6.45, 7) is 0. The molecule has 5 nitrogen and oxygen atoms in total. The van der Waals surface area contributed by atoms with Gasteiger partial charge in [0.15, 0.2) is 0 Å². The van der Waals surface area contributed by atoms with Gasteiger partial charge in [0, 0.05) is 4.47 Å². The van der Waals surface area contributed by atoms with E-state index >= 15 is 0 Å². The van der Waals surface area contributed by atoms with E-state index in [1.165, 1.54) is 0 Å². The number of anilines is 1. The zero-order valence-corrected chi connectivity index (χ0v) is 11.2. The van der Waals surface area contributed by atoms with E-state index in [0.29, 0.717) is 5.02 Å². The molecule has 3 N–H and O–H groups in total. The summed E-state index contributed by atoms with van der Waals surface area (Å²) in [4.78, 5) is 7.33. The lowest BCUT2D eigenvalue weighted by Crippen LogP contribution is -2.11. The maximum absolute atomic E-state index is 13.5. The van der Waals surface area contributed by atoms with Gasteiger partial charge in [-0.3, -0.25) is 5.43 Å². The SMILES string of the molecule is NNc1ncc(F)c(Oc2cc(Br)ccc2Cl)n1. The van der Waals surface area contributed by atoms with Crippen LogP contribution in [0.25, 0.3) is 0 Å². The number of rotatable bonds is 3. The van der Waals surface area contributed by atoms with Crippen molar-refractivity contribution in [1.29, 1.82) is 0 Å². The van der Waals surface area contributed by atoms with Crippen LogP contribution in [-0.2, 0) is 0 Å². The van der Waals surface area contributed by atoms with E-state index in [9.17, 15) is 4.39 Å². The van der Waals surface area contributed by atoms with Crippen LogP contribution in [0.2, 0.25) is 5.02 Å². The summed E-state index contributed by atoms with van der Waals surface area (Å²) in [6.07, 6.45) is 0.948. The molecular formula is C10H7BrClFN4O. The Kier molecular flexibility index (Phi) is 3.95. The number of hydrazine groups is 1. The van der Waals surface area contributed by atoms with Crippen LogP contribution in [0.15, 0.2) is 28.9 Å². The average molecular weight is 334 g/mol. The van der Waals surface area contributed by atoms with Crippen LogP contribution in [0.1, 0.15) is 0 Å². The molecule has 0 amide bonds. The maximum Gasteiger partial charge on any atom is 0.260 e. The number of nitrogen functional groups attached to an aromatic ring is 1. The van der Waals surface area contributed by atoms with Crippen LogP contribution in [0, 0.1) is 5.82 Å². The smallest absolute Gasteiger partial charge is 0.260 e. The fourth-order valence-electron chi connectivity index (χ4n) is 1.15. The van der Waals surface area contributed by atoms with Gasteiger partial charge in [0.1, 0.15) is 5.75 Å². The number of aromatic nitrogens is 2. The monoisotopic (exact) mass is 332 g/mol. The van der Waals surface area contributed by atoms with E-state index in [1.807, 2.05) is 0 Å². The first kappa shape index (κ1) is 13.0. The van der Waals surface area contributed by atoms with Gasteiger partial charge in [0.2, 0.25) is 11.8 Å². The molecule has 18 heavy (non-hydrogen) atoms. The lowest BCUT2D eigenvalue weighted by molar-refractivity contribution is 0.420. The predicted octanol–water partition coefficient (Wildman–Crippen LogP) is 3.11. The van der Waals surface area contributed by atoms with Gasteiger partial charge in [-0.15, -0.1) is 0 Å². The molecule has 0 unspecified atom stereocenters. The highest BCUT2D eigenvalue weighted by Gasteiger charge is 2.11. The molecular weight excluding hydrogens is 326 g/mol. The normalized spacial score (nSPS) is 10.2. The topological polar surface area (TPSA) is 73.1 Å². The fraction of sp³-hybridized carbons (Fsp3) is 0. The van der Waals surface area contributed by atoms with Crippen LogP contribution in [-0.4, -0.2) is 9.97 Å². The summed E-state index contributed by atoms with van der Waals surface area (Å²) in [5.41, 5.74) is 2.20. The molecule has 0 spiro atoms. The second-order valence-electron chi connectivity index (χ2n) is 3.17. The van der Waals surface area contributed by atoms with Crippen molar-refractivity contribution in [3.05, 3.63) is 39.7 Å². The largest absolute Gasteiger partial charge is 0.435 e. The third-order valence-corrected chi connectivity index (χ3v) is 2.75. The van der Waals surface area contributed by atoms with E-state index in [-0.39, 0.29) is 17.6 Å². The second kappa shape index (κ2) is 5.47. The first-order chi connectivity index (χ1) is 8.60. The lowest BCUT2D eigenvalue weighted by atomic mass is 10.3. The number of nitrogens with zero attached hydrogens (tertiary/aromatic N) is 2. The van der Waals surface area contributed by atoms with Crippen molar-refractivity contribution in [2.45, 2.75) is 0 Å². The van der Waals surface area contributed by atoms with E-state index in [2.05, 4.69) is 31.3 Å². The fourth-order valence-corrected chi connectivity index (χ4v) is 1.65. The molecule has 1 aromatic heterocycles. The zero-order chi connectivity index (χ0) is 13.1. The highest BCUT2D eigenvalue weighted by atomic mass is 79.9. The summed E-state index contributed by atoms with van der Waals surface area (Å²) in [7, 11) is 0. The van der Waals surface area contributed by atoms with Crippen LogP contribution >= 0.6 is 27.5 Å². The Labute approximate surface area is 115 Å². The van der Waals surface area contributed by atoms with Crippen molar-refractivity contribution in [3.8, 4) is 11.6 Å². The number of benzene rings is 1. The molecule has 0 fully saturated rings. The van der Waals surface area contributed by atoms with Crippen LogP contribution < -0.4 is 16.0 Å². The molecule has 0 saturated carbocycles. The Morgan fingerprint density at radius 3 is 2.94 bits per heavy atom. The van der Waals surface area contributed by atoms with Crippen LogP contribution in [0.4, 0.5) is 10.3 Å². The lowest BCUT2D eigenvalue weighted by Gasteiger charge is -2.08. The van der Waals surface area contributed by atoms with Crippen molar-refractivity contribution in [2.75, 3.05) is 5.43 Å². The zero-order valence-electron chi connectivity index (χ0n) is 8.82. The third kappa shape index (κ3) is 2.87. The minimum Gasteiger partial charge on any atom is -0.435 e. The van der Waals surface area contributed by atoms with Gasteiger partial charge >= 0.3 is 0 Å². The van der Waals surface area contributed by atoms with E-state index < -0.39 is 5.82 Å². The number of nitrogens with one attached hydrogen (secondary N) is 1. The van der Waals surface area contributed by atoms with E-state index in [0.717, 1.165) is 10.7 Å². The Hall–Kier alpha value is -1.44. The second-order valence-corrected chi connectivity index (χ2v) is 4.49. The van der Waals surface area contributed by atoms with Gasteiger partial charge < -0.3 is 4.74 Å². The first-order valence-electron chi connectivity index (χ1n) is 4.72. The number of hydrogen-bond donors (Lipinski definition) is 2. The molecule has 0 radical (unpaired) electrons. The third-order valence-electron chi connectivity index (χ3n) is 1.94. The number of halogens is 3. The van der Waals surface area contributed by atoms with Crippen LogP contribution in [0.3, 0.4) is 0 Å². The summed E-state index contributed by atoms with van der Waals surface area (Å²) >= 11 is 9.18. The van der Waals surface area contributed by atoms with Gasteiger partial charge in [0.25, 0.3) is 5.88 Å². The molecule has 0 bridgehead atoms. The molecule has 0 aliphatic carbocycles. The standard InChI is InChI=1S/C10H7BrClFN4O/c11-5-1-2-6(12)8(3-5)18-9-7(13)4-15-10(16-9)17-14/h1-4H,14H2,(H,15,16,17). The van der Waals surface area contributed by atoms with Crippen molar-refractivity contribution in [2.24, 2.45) is 5.84 Å². The minimum atomic E-state index is -0.718. The highest BCUT2D eigenvalue weighted by Crippen LogP contribution is 2.32. The molecule has 1 aromatic carbocycles. The van der Waals surface area contributed by atoms with Crippen molar-refractivity contribution < 1.29 is 9.13 Å². The molecule has 8 heteroatoms. The summed E-state index contributed by atoms with van der Waals surface area (Å²) in [6, 6.07) is 4.94. The molecule has 0 saturated heterocycles. The van der Waals surface area contributed by atoms with Gasteiger partial charge in [-0.25, -0.2) is 10.8 Å². The van der Waals surface area contributed by atoms with Crippen LogP contribution in [0.5, 0.6) is 11.6 Å². The Morgan fingerprint density at radius 1 is 1.44 bits per heavy atom. The molecule has 1 heterocycles. The molecule has 94 valence electrons. The number of ether oxygens (including phenoxy) is 1. The minimum absolute atomic E-state index is 0.0394. The Morgan fingerprint density at radius 2 is 2.22 bits per heavy atom. The van der Waals surface area contributed by atoms with Gasteiger partial charge in [-0.05, 0) is 18.2 Å². The molecule has 0 atom stereocenters. The maximum atomic E-state index is 13.5. The Bertz CT molecular complexity index is 584. The van der Waals surface area contributed by atoms with Gasteiger partial charge in [-0.1, -0.05) is 27.5 Å². The molecule has 2 aromatic rings. The molecule has 0 aliphatic heterocycles. The van der Waals surface area contributed by atoms with Gasteiger partial charge in [0.05, 0.1) is 11.2 Å². The summed E-state index contributed by atoms with van der Waals surface area (Å²) in [5, 5.41) is 0.332. The van der Waals surface area contributed by atoms with E-state index in [1.54, 1.807) is 18.2 Å². The van der Waals surface area contributed by atoms with E-state index in [4.69, 9.17) is 22.2 Å². The predicted molar refractivity (Wildman–Crippen MR) is 69.0 cm³/mol. The number of nitrogens with two attached hydrogens (primary N) is 1. The summed E-state index contributed by atoms with van der Waals surface area (Å²) in [5.74, 6) is 4.46. The quantitative estimate of drug-likeness (QED) is 0.667. The summed E-state index contributed by atoms with van der Waals surface area (Å²) < 4.78 is 19.5. The average Bonchev–Trinajstić information content (AvgIpc) is 2.36. The van der Waals surface area contributed by atoms with Crippen molar-refractivity contribution in [1.82, 2.24) is 9.97 Å². The Balaban J connectivity index is 2.36. The number of hydrogen-bond acceptors (Lipinski definition) is 5.